The van der Waals surface area contributed by atoms with Gasteiger partial charge in [-0.2, -0.15) is 0 Å². The Kier molecular flexibility index (Phi) is 2.63. The van der Waals surface area contributed by atoms with Crippen molar-refractivity contribution in [3.63, 3.8) is 0 Å². The maximum atomic E-state index is 13.4. The third-order valence-corrected chi connectivity index (χ3v) is 2.24. The molecule has 88 valence electrons. The molecule has 0 radical (unpaired) electrons. The lowest BCUT2D eigenvalue weighted by Crippen LogP contribution is -2.08. The van der Waals surface area contributed by atoms with E-state index in [0.29, 0.717) is 0 Å². The van der Waals surface area contributed by atoms with Crippen LogP contribution in [0.2, 0.25) is 0 Å². The van der Waals surface area contributed by atoms with E-state index < -0.39 is 23.4 Å². The third kappa shape index (κ3) is 1.77. The predicted octanol–water partition coefficient (Wildman–Crippen LogP) is 2.59. The SMILES string of the molecule is O=C(O)c1cccn1-c1ccc(F)c(F)c1F. The first-order valence-electron chi connectivity index (χ1n) is 4.57. The summed E-state index contributed by atoms with van der Waals surface area (Å²) in [7, 11) is 0. The minimum absolute atomic E-state index is 0.241. The molecular formula is C11H6F3NO2. The second kappa shape index (κ2) is 3.97. The van der Waals surface area contributed by atoms with Crippen molar-refractivity contribution < 1.29 is 23.1 Å². The highest BCUT2D eigenvalue weighted by atomic mass is 19.2. The standard InChI is InChI=1S/C11H6F3NO2/c12-6-3-4-7(10(14)9(6)13)15-5-1-2-8(15)11(16)17/h1-5H,(H,16,17). The van der Waals surface area contributed by atoms with Crippen molar-refractivity contribution in [2.75, 3.05) is 0 Å². The molecular weight excluding hydrogens is 235 g/mol. The lowest BCUT2D eigenvalue weighted by Gasteiger charge is -2.08. The number of nitrogens with zero attached hydrogens (tertiary/aromatic N) is 1. The molecule has 3 nitrogen and oxygen atoms in total. The second-order valence-electron chi connectivity index (χ2n) is 3.26. The summed E-state index contributed by atoms with van der Waals surface area (Å²) in [6, 6.07) is 4.30. The molecule has 2 rings (SSSR count). The van der Waals surface area contributed by atoms with Crippen LogP contribution in [0.3, 0.4) is 0 Å². The van der Waals surface area contributed by atoms with E-state index in [2.05, 4.69) is 0 Å². The van der Waals surface area contributed by atoms with Crippen LogP contribution < -0.4 is 0 Å². The van der Waals surface area contributed by atoms with Gasteiger partial charge in [-0.3, -0.25) is 0 Å². The molecule has 1 aromatic carbocycles. The Morgan fingerprint density at radius 2 is 1.82 bits per heavy atom. The zero-order valence-electron chi connectivity index (χ0n) is 8.32. The molecule has 0 aliphatic carbocycles. The van der Waals surface area contributed by atoms with Gasteiger partial charge in [0.15, 0.2) is 17.5 Å². The average Bonchev–Trinajstić information content (AvgIpc) is 2.75. The van der Waals surface area contributed by atoms with Gasteiger partial charge in [0.05, 0.1) is 5.69 Å². The van der Waals surface area contributed by atoms with E-state index in [1.54, 1.807) is 0 Å². The first-order chi connectivity index (χ1) is 8.02. The van der Waals surface area contributed by atoms with Gasteiger partial charge in [0.25, 0.3) is 0 Å². The van der Waals surface area contributed by atoms with Crippen molar-refractivity contribution in [2.45, 2.75) is 0 Å². The van der Waals surface area contributed by atoms with Crippen LogP contribution in [0.5, 0.6) is 0 Å². The Bertz CT molecular complexity index is 592. The van der Waals surface area contributed by atoms with Crippen LogP contribution in [0, 0.1) is 17.5 Å². The largest absolute Gasteiger partial charge is 0.477 e. The molecule has 0 atom stereocenters. The molecule has 0 amide bonds. The fourth-order valence-electron chi connectivity index (χ4n) is 1.47. The maximum Gasteiger partial charge on any atom is 0.352 e. The molecule has 6 heteroatoms. The Morgan fingerprint density at radius 3 is 2.47 bits per heavy atom. The van der Waals surface area contributed by atoms with Gasteiger partial charge in [-0.1, -0.05) is 0 Å². The summed E-state index contributed by atoms with van der Waals surface area (Å²) in [5.74, 6) is -5.68. The first kappa shape index (κ1) is 11.3. The van der Waals surface area contributed by atoms with E-state index in [4.69, 9.17) is 5.11 Å². The summed E-state index contributed by atoms with van der Waals surface area (Å²) in [4.78, 5) is 10.8. The van der Waals surface area contributed by atoms with Crippen LogP contribution in [0.15, 0.2) is 30.5 Å². The number of benzene rings is 1. The summed E-state index contributed by atoms with van der Waals surface area (Å²) < 4.78 is 40.1. The topological polar surface area (TPSA) is 42.2 Å². The molecule has 1 N–H and O–H groups in total. The van der Waals surface area contributed by atoms with Gasteiger partial charge in [0, 0.05) is 6.20 Å². The molecule has 2 aromatic rings. The van der Waals surface area contributed by atoms with E-state index in [1.165, 1.54) is 18.3 Å². The summed E-state index contributed by atoms with van der Waals surface area (Å²) >= 11 is 0. The summed E-state index contributed by atoms with van der Waals surface area (Å²) in [6.07, 6.45) is 1.25. The number of hydrogen-bond donors (Lipinski definition) is 1. The number of aromatic carboxylic acids is 1. The van der Waals surface area contributed by atoms with E-state index in [9.17, 15) is 18.0 Å². The number of carboxylic acid groups (broad SMARTS) is 1. The van der Waals surface area contributed by atoms with Gasteiger partial charge < -0.3 is 9.67 Å². The lowest BCUT2D eigenvalue weighted by molar-refractivity contribution is 0.0688. The first-order valence-corrected chi connectivity index (χ1v) is 4.57. The van der Waals surface area contributed by atoms with E-state index in [-0.39, 0.29) is 11.4 Å². The van der Waals surface area contributed by atoms with Gasteiger partial charge in [0.2, 0.25) is 0 Å². The zero-order valence-corrected chi connectivity index (χ0v) is 8.32. The highest BCUT2D eigenvalue weighted by Gasteiger charge is 2.18. The van der Waals surface area contributed by atoms with Crippen molar-refractivity contribution in [1.29, 1.82) is 0 Å². The second-order valence-corrected chi connectivity index (χ2v) is 3.26. The van der Waals surface area contributed by atoms with E-state index in [1.807, 2.05) is 0 Å². The van der Waals surface area contributed by atoms with Crippen molar-refractivity contribution >= 4 is 5.97 Å². The molecule has 17 heavy (non-hydrogen) atoms. The molecule has 0 fully saturated rings. The van der Waals surface area contributed by atoms with Crippen LogP contribution in [-0.2, 0) is 0 Å². The highest BCUT2D eigenvalue weighted by Crippen LogP contribution is 2.20. The monoisotopic (exact) mass is 241 g/mol. The van der Waals surface area contributed by atoms with E-state index >= 15 is 0 Å². The van der Waals surface area contributed by atoms with Gasteiger partial charge in [0.1, 0.15) is 5.69 Å². The smallest absolute Gasteiger partial charge is 0.352 e. The van der Waals surface area contributed by atoms with Crippen LogP contribution in [0.25, 0.3) is 5.69 Å². The number of carbonyl (C=O) groups is 1. The quantitative estimate of drug-likeness (QED) is 0.821. The van der Waals surface area contributed by atoms with Gasteiger partial charge >= 0.3 is 5.97 Å². The fraction of sp³-hybridized carbons (Fsp3) is 0. The molecule has 1 heterocycles. The Morgan fingerprint density at radius 1 is 1.12 bits per heavy atom. The van der Waals surface area contributed by atoms with Crippen molar-refractivity contribution in [3.8, 4) is 5.69 Å². The Labute approximate surface area is 93.7 Å². The number of carboxylic acids is 1. The normalized spacial score (nSPS) is 10.5. The molecule has 0 bridgehead atoms. The van der Waals surface area contributed by atoms with Crippen LogP contribution in [-0.4, -0.2) is 15.6 Å². The highest BCUT2D eigenvalue weighted by molar-refractivity contribution is 5.86. The van der Waals surface area contributed by atoms with Gasteiger partial charge in [-0.05, 0) is 24.3 Å². The fourth-order valence-corrected chi connectivity index (χ4v) is 1.47. The third-order valence-electron chi connectivity index (χ3n) is 2.24. The summed E-state index contributed by atoms with van der Waals surface area (Å²) in [5, 5.41) is 8.82. The van der Waals surface area contributed by atoms with E-state index in [0.717, 1.165) is 16.7 Å². The molecule has 0 spiro atoms. The summed E-state index contributed by atoms with van der Waals surface area (Å²) in [5.41, 5.74) is -0.596. The van der Waals surface area contributed by atoms with Crippen molar-refractivity contribution in [1.82, 2.24) is 4.57 Å². The van der Waals surface area contributed by atoms with Crippen molar-refractivity contribution in [2.24, 2.45) is 0 Å². The molecule has 0 aliphatic heterocycles. The minimum Gasteiger partial charge on any atom is -0.477 e. The average molecular weight is 241 g/mol. The Hall–Kier alpha value is -2.24. The number of aromatic nitrogens is 1. The number of rotatable bonds is 2. The maximum absolute atomic E-state index is 13.4. The Balaban J connectivity index is 2.65. The zero-order chi connectivity index (χ0) is 12.6. The van der Waals surface area contributed by atoms with Gasteiger partial charge in [-0.25, -0.2) is 18.0 Å². The molecule has 0 saturated carbocycles. The lowest BCUT2D eigenvalue weighted by atomic mass is 10.2. The predicted molar refractivity (Wildman–Crippen MR) is 52.6 cm³/mol. The van der Waals surface area contributed by atoms with Crippen molar-refractivity contribution in [3.05, 3.63) is 53.6 Å². The van der Waals surface area contributed by atoms with Gasteiger partial charge in [-0.15, -0.1) is 0 Å². The van der Waals surface area contributed by atoms with Crippen LogP contribution in [0.1, 0.15) is 10.5 Å². The minimum atomic E-state index is -1.63. The van der Waals surface area contributed by atoms with Crippen LogP contribution >= 0.6 is 0 Å². The number of halogens is 3. The molecule has 0 unspecified atom stereocenters. The van der Waals surface area contributed by atoms with Crippen LogP contribution in [0.4, 0.5) is 13.2 Å². The molecule has 1 aromatic heterocycles. The molecule has 0 saturated heterocycles. The summed E-state index contributed by atoms with van der Waals surface area (Å²) in [6.45, 7) is 0. The molecule has 0 aliphatic rings. The number of hydrogen-bond acceptors (Lipinski definition) is 1.